The molecule has 2 bridgehead atoms. The second-order valence-electron chi connectivity index (χ2n) is 11.0. The number of hydrogen-bond acceptors (Lipinski definition) is 5. The summed E-state index contributed by atoms with van der Waals surface area (Å²) in [5, 5.41) is 20.0. The summed E-state index contributed by atoms with van der Waals surface area (Å²) >= 11 is 0. The normalized spacial score (nSPS) is 31.3. The summed E-state index contributed by atoms with van der Waals surface area (Å²) in [5.41, 5.74) is 0.0400. The first kappa shape index (κ1) is 22.9. The number of nitriles is 1. The van der Waals surface area contributed by atoms with Crippen LogP contribution in [0.1, 0.15) is 49.0 Å². The SMILES string of the molecule is COc1cccc2[nH]c(C(=O)N[C@@H](CC3CC3)C(=O)N[C@@]3(C#N)C[C@@H]4CC[C@H]3[C@H]3C(=O)NC[C@@H]43)cc12. The highest BCUT2D eigenvalue weighted by Crippen LogP contribution is 2.55. The Bertz CT molecular complexity index is 1280. The van der Waals surface area contributed by atoms with Gasteiger partial charge in [0.25, 0.3) is 5.91 Å². The van der Waals surface area contributed by atoms with Crippen LogP contribution in [0.5, 0.6) is 5.75 Å². The van der Waals surface area contributed by atoms with E-state index in [1.54, 1.807) is 13.2 Å². The molecule has 4 aliphatic carbocycles. The van der Waals surface area contributed by atoms with Crippen molar-refractivity contribution in [2.45, 2.75) is 50.1 Å². The lowest BCUT2D eigenvalue weighted by Gasteiger charge is -2.53. The van der Waals surface area contributed by atoms with E-state index in [1.165, 1.54) is 0 Å². The first-order valence-corrected chi connectivity index (χ1v) is 12.9. The summed E-state index contributed by atoms with van der Waals surface area (Å²) in [4.78, 5) is 42.5. The number of hydrogen-bond donors (Lipinski definition) is 4. The molecule has 9 nitrogen and oxygen atoms in total. The Balaban J connectivity index is 1.23. The van der Waals surface area contributed by atoms with Crippen molar-refractivity contribution < 1.29 is 19.1 Å². The van der Waals surface area contributed by atoms with Crippen molar-refractivity contribution in [3.63, 3.8) is 0 Å². The highest BCUT2D eigenvalue weighted by Gasteiger charge is 2.61. The van der Waals surface area contributed by atoms with E-state index >= 15 is 0 Å². The number of aromatic nitrogens is 1. The zero-order chi connectivity index (χ0) is 25.0. The van der Waals surface area contributed by atoms with Crippen LogP contribution in [0.2, 0.25) is 0 Å². The molecule has 0 spiro atoms. The zero-order valence-electron chi connectivity index (χ0n) is 20.3. The van der Waals surface area contributed by atoms with Crippen molar-refractivity contribution in [2.75, 3.05) is 13.7 Å². The Labute approximate surface area is 209 Å². The second-order valence-corrected chi connectivity index (χ2v) is 11.0. The van der Waals surface area contributed by atoms with Gasteiger partial charge in [-0.15, -0.1) is 0 Å². The number of H-pyrrole nitrogens is 1. The minimum absolute atomic E-state index is 0.000321. The Morgan fingerprint density at radius 2 is 2.11 bits per heavy atom. The summed E-state index contributed by atoms with van der Waals surface area (Å²) in [7, 11) is 1.58. The number of nitrogens with zero attached hydrogens (tertiary/aromatic N) is 1. The molecule has 2 aromatic rings. The van der Waals surface area contributed by atoms with Crippen LogP contribution < -0.4 is 20.7 Å². The van der Waals surface area contributed by atoms with Crippen LogP contribution in [0.15, 0.2) is 24.3 Å². The molecule has 0 unspecified atom stereocenters. The third-order valence-electron chi connectivity index (χ3n) is 8.90. The van der Waals surface area contributed by atoms with Crippen LogP contribution in [0, 0.1) is 40.9 Å². The largest absolute Gasteiger partial charge is 0.496 e. The van der Waals surface area contributed by atoms with Crippen molar-refractivity contribution in [2.24, 2.45) is 29.6 Å². The fourth-order valence-electron chi connectivity index (χ4n) is 6.95. The molecule has 1 aromatic heterocycles. The van der Waals surface area contributed by atoms with Crippen molar-refractivity contribution in [3.8, 4) is 11.8 Å². The molecule has 0 radical (unpaired) electrons. The summed E-state index contributed by atoms with van der Waals surface area (Å²) in [6.45, 7) is 0.662. The molecule has 7 rings (SSSR count). The van der Waals surface area contributed by atoms with E-state index in [-0.39, 0.29) is 41.4 Å². The van der Waals surface area contributed by atoms with Gasteiger partial charge >= 0.3 is 0 Å². The average molecular weight is 490 g/mol. The van der Waals surface area contributed by atoms with E-state index < -0.39 is 11.6 Å². The summed E-state index contributed by atoms with van der Waals surface area (Å²) < 4.78 is 5.40. The Hall–Kier alpha value is -3.54. The standard InChI is InChI=1S/C27H31N5O4/c1-36-22-4-2-3-19-16(22)10-21(30-19)24(33)31-20(9-14-5-6-14)25(34)32-27(13-28)11-15-7-8-18(27)23-17(15)12-29-26(23)35/h2-4,10,14-15,17-18,20,23,30H,5-9,11-12H2,1H3,(H,29,35)(H,31,33)(H,32,34)/t15-,17-,18-,20-,23-,27+/m0/s1. The van der Waals surface area contributed by atoms with Crippen molar-refractivity contribution >= 4 is 28.6 Å². The van der Waals surface area contributed by atoms with Gasteiger partial charge in [-0.3, -0.25) is 14.4 Å². The van der Waals surface area contributed by atoms with E-state index in [9.17, 15) is 19.6 Å². The molecule has 9 heteroatoms. The van der Waals surface area contributed by atoms with E-state index in [4.69, 9.17) is 4.74 Å². The quantitative estimate of drug-likeness (QED) is 0.473. The van der Waals surface area contributed by atoms with E-state index in [0.29, 0.717) is 36.7 Å². The minimum Gasteiger partial charge on any atom is -0.496 e. The van der Waals surface area contributed by atoms with Crippen molar-refractivity contribution in [1.82, 2.24) is 20.9 Å². The molecule has 36 heavy (non-hydrogen) atoms. The highest BCUT2D eigenvalue weighted by atomic mass is 16.5. The number of methoxy groups -OCH3 is 1. The smallest absolute Gasteiger partial charge is 0.268 e. The molecule has 1 aliphatic heterocycles. The Morgan fingerprint density at radius 1 is 1.28 bits per heavy atom. The topological polar surface area (TPSA) is 136 Å². The molecule has 4 saturated carbocycles. The zero-order valence-corrected chi connectivity index (χ0v) is 20.3. The van der Waals surface area contributed by atoms with E-state index in [2.05, 4.69) is 27.0 Å². The van der Waals surface area contributed by atoms with Gasteiger partial charge < -0.3 is 25.7 Å². The molecular weight excluding hydrogens is 458 g/mol. The van der Waals surface area contributed by atoms with Crippen LogP contribution in [0.3, 0.4) is 0 Å². The maximum atomic E-state index is 13.6. The number of aromatic amines is 1. The van der Waals surface area contributed by atoms with Gasteiger partial charge in [-0.1, -0.05) is 18.9 Å². The number of ether oxygens (including phenoxy) is 1. The van der Waals surface area contributed by atoms with Crippen LogP contribution in [-0.4, -0.2) is 47.9 Å². The number of carbonyl (C=O) groups excluding carboxylic acids is 3. The lowest BCUT2D eigenvalue weighted by atomic mass is 9.52. The van der Waals surface area contributed by atoms with Crippen molar-refractivity contribution in [3.05, 3.63) is 30.0 Å². The molecule has 5 aliphatic rings. The monoisotopic (exact) mass is 489 g/mol. The minimum atomic E-state index is -1.08. The van der Waals surface area contributed by atoms with Gasteiger partial charge in [0, 0.05) is 29.3 Å². The van der Waals surface area contributed by atoms with Crippen molar-refractivity contribution in [1.29, 1.82) is 5.26 Å². The fourth-order valence-corrected chi connectivity index (χ4v) is 6.95. The van der Waals surface area contributed by atoms with Crippen LogP contribution in [-0.2, 0) is 9.59 Å². The number of carbonyl (C=O) groups is 3. The maximum absolute atomic E-state index is 13.6. The van der Waals surface area contributed by atoms with Crippen LogP contribution in [0.25, 0.3) is 10.9 Å². The number of fused-ring (bicyclic) bond motifs is 3. The van der Waals surface area contributed by atoms with Gasteiger partial charge in [0.05, 0.1) is 13.2 Å². The summed E-state index contributed by atoms with van der Waals surface area (Å²) in [5.74, 6) is 0.376. The lowest BCUT2D eigenvalue weighted by molar-refractivity contribution is -0.135. The molecule has 5 fully saturated rings. The predicted molar refractivity (Wildman–Crippen MR) is 131 cm³/mol. The fraction of sp³-hybridized carbons (Fsp3) is 0.556. The molecule has 1 saturated heterocycles. The molecule has 2 heterocycles. The maximum Gasteiger partial charge on any atom is 0.268 e. The van der Waals surface area contributed by atoms with Gasteiger partial charge in [-0.05, 0) is 61.6 Å². The summed E-state index contributed by atoms with van der Waals surface area (Å²) in [6.07, 6.45) is 4.88. The Kier molecular flexibility index (Phi) is 5.43. The number of amides is 3. The van der Waals surface area contributed by atoms with Crippen LogP contribution >= 0.6 is 0 Å². The number of benzene rings is 1. The molecule has 3 amide bonds. The van der Waals surface area contributed by atoms with Gasteiger partial charge in [0.2, 0.25) is 11.8 Å². The first-order valence-electron chi connectivity index (χ1n) is 12.9. The lowest BCUT2D eigenvalue weighted by Crippen LogP contribution is -2.65. The third-order valence-corrected chi connectivity index (χ3v) is 8.90. The van der Waals surface area contributed by atoms with E-state index in [0.717, 1.165) is 36.6 Å². The van der Waals surface area contributed by atoms with Gasteiger partial charge in [-0.25, -0.2) is 0 Å². The molecule has 188 valence electrons. The second kappa shape index (κ2) is 8.54. The molecule has 1 aromatic carbocycles. The molecule has 6 atom stereocenters. The Morgan fingerprint density at radius 3 is 2.86 bits per heavy atom. The predicted octanol–water partition coefficient (Wildman–Crippen LogP) is 2.25. The van der Waals surface area contributed by atoms with E-state index in [1.807, 2.05) is 18.2 Å². The van der Waals surface area contributed by atoms with Crippen LogP contribution in [0.4, 0.5) is 0 Å². The van der Waals surface area contributed by atoms with Gasteiger partial charge in [-0.2, -0.15) is 5.26 Å². The number of nitrogens with one attached hydrogen (secondary N) is 4. The highest BCUT2D eigenvalue weighted by molar-refractivity contribution is 6.01. The first-order chi connectivity index (χ1) is 17.4. The number of rotatable bonds is 7. The van der Waals surface area contributed by atoms with Gasteiger partial charge in [0.1, 0.15) is 23.0 Å². The molecule has 4 N–H and O–H groups in total. The summed E-state index contributed by atoms with van der Waals surface area (Å²) in [6, 6.07) is 8.92. The molecular formula is C27H31N5O4. The third kappa shape index (κ3) is 3.71. The average Bonchev–Trinajstić information content (AvgIpc) is 3.44. The van der Waals surface area contributed by atoms with Gasteiger partial charge in [0.15, 0.2) is 0 Å².